The zero-order chi connectivity index (χ0) is 13.0. The predicted molar refractivity (Wildman–Crippen MR) is 74.2 cm³/mol. The van der Waals surface area contributed by atoms with E-state index in [1.165, 1.54) is 38.6 Å². The van der Waals surface area contributed by atoms with Crippen LogP contribution in [0.25, 0.3) is 0 Å². The Kier molecular flexibility index (Phi) is 4.78. The van der Waals surface area contributed by atoms with Crippen molar-refractivity contribution in [1.29, 1.82) is 0 Å². The van der Waals surface area contributed by atoms with Gasteiger partial charge in [0.15, 0.2) is 0 Å². The summed E-state index contributed by atoms with van der Waals surface area (Å²) < 4.78 is 1.82. The lowest BCUT2D eigenvalue weighted by atomic mass is 9.89. The summed E-state index contributed by atoms with van der Waals surface area (Å²) in [7, 11) is 4.12. The van der Waals surface area contributed by atoms with Crippen LogP contribution in [0.15, 0.2) is 12.4 Å². The van der Waals surface area contributed by atoms with Gasteiger partial charge in [0.1, 0.15) is 0 Å². The number of hydrogen-bond acceptors (Lipinski definition) is 3. The summed E-state index contributed by atoms with van der Waals surface area (Å²) in [6.45, 7) is 2.11. The predicted octanol–water partition coefficient (Wildman–Crippen LogP) is 1.93. The Morgan fingerprint density at radius 3 is 2.78 bits per heavy atom. The van der Waals surface area contributed by atoms with E-state index in [2.05, 4.69) is 17.0 Å². The van der Waals surface area contributed by atoms with Crippen molar-refractivity contribution < 1.29 is 0 Å². The quantitative estimate of drug-likeness (QED) is 0.868. The first kappa shape index (κ1) is 13.6. The van der Waals surface area contributed by atoms with Crippen LogP contribution in [0.2, 0.25) is 0 Å². The van der Waals surface area contributed by atoms with Gasteiger partial charge in [-0.05, 0) is 25.8 Å². The van der Waals surface area contributed by atoms with E-state index in [-0.39, 0.29) is 6.04 Å². The van der Waals surface area contributed by atoms with Crippen LogP contribution >= 0.6 is 0 Å². The van der Waals surface area contributed by atoms with E-state index in [0.29, 0.717) is 0 Å². The lowest BCUT2D eigenvalue weighted by Crippen LogP contribution is -2.33. The second-order valence-corrected chi connectivity index (χ2v) is 5.78. The Labute approximate surface area is 110 Å². The molecule has 1 fully saturated rings. The molecular formula is C14H26N4. The van der Waals surface area contributed by atoms with E-state index in [9.17, 15) is 0 Å². The van der Waals surface area contributed by atoms with Crippen molar-refractivity contribution >= 4 is 0 Å². The normalized spacial score (nSPS) is 19.3. The molecule has 0 bridgehead atoms. The van der Waals surface area contributed by atoms with Crippen LogP contribution in [0.1, 0.15) is 43.7 Å². The number of nitrogens with two attached hydrogens (primary N) is 1. The third kappa shape index (κ3) is 3.82. The van der Waals surface area contributed by atoms with Crippen molar-refractivity contribution in [2.75, 3.05) is 20.1 Å². The molecule has 1 aromatic rings. The standard InChI is InChI=1S/C14H26N4/c1-17(9-12-6-4-3-5-7-12)11-14(15)13-8-16-18(2)10-13/h8,10,12,14H,3-7,9,11,15H2,1-2H3. The van der Waals surface area contributed by atoms with Crippen LogP contribution in [0.4, 0.5) is 0 Å². The summed E-state index contributed by atoms with van der Waals surface area (Å²) >= 11 is 0. The Morgan fingerprint density at radius 2 is 2.17 bits per heavy atom. The summed E-state index contributed by atoms with van der Waals surface area (Å²) in [4.78, 5) is 2.38. The maximum absolute atomic E-state index is 6.22. The van der Waals surface area contributed by atoms with Crippen molar-refractivity contribution in [2.24, 2.45) is 18.7 Å². The van der Waals surface area contributed by atoms with E-state index in [1.807, 2.05) is 24.1 Å². The Hall–Kier alpha value is -0.870. The average Bonchev–Trinajstić information content (AvgIpc) is 2.77. The molecule has 1 aliphatic rings. The summed E-state index contributed by atoms with van der Waals surface area (Å²) in [5.41, 5.74) is 7.35. The van der Waals surface area contributed by atoms with Crippen molar-refractivity contribution in [2.45, 2.75) is 38.1 Å². The number of likely N-dealkylation sites (N-methyl/N-ethyl adjacent to an activating group) is 1. The first-order chi connectivity index (χ1) is 8.65. The van der Waals surface area contributed by atoms with Crippen LogP contribution in [0.5, 0.6) is 0 Å². The molecule has 2 rings (SSSR count). The summed E-state index contributed by atoms with van der Waals surface area (Å²) in [6, 6.07) is 0.0762. The fraction of sp³-hybridized carbons (Fsp3) is 0.786. The lowest BCUT2D eigenvalue weighted by molar-refractivity contribution is 0.224. The second-order valence-electron chi connectivity index (χ2n) is 5.78. The topological polar surface area (TPSA) is 47.1 Å². The number of hydrogen-bond donors (Lipinski definition) is 1. The van der Waals surface area contributed by atoms with Crippen molar-refractivity contribution in [3.05, 3.63) is 18.0 Å². The molecule has 0 amide bonds. The molecule has 1 aromatic heterocycles. The molecule has 1 aliphatic carbocycles. The average molecular weight is 250 g/mol. The van der Waals surface area contributed by atoms with Gasteiger partial charge in [0.25, 0.3) is 0 Å². The molecule has 1 atom stereocenters. The minimum atomic E-state index is 0.0762. The Balaban J connectivity index is 1.77. The third-order valence-electron chi connectivity index (χ3n) is 3.96. The molecular weight excluding hydrogens is 224 g/mol. The number of aromatic nitrogens is 2. The van der Waals surface area contributed by atoms with Gasteiger partial charge in [-0.1, -0.05) is 19.3 Å². The van der Waals surface area contributed by atoms with E-state index in [4.69, 9.17) is 5.73 Å². The zero-order valence-electron chi connectivity index (χ0n) is 11.7. The van der Waals surface area contributed by atoms with Crippen LogP contribution in [-0.2, 0) is 7.05 Å². The van der Waals surface area contributed by atoms with Gasteiger partial charge in [0.05, 0.1) is 6.20 Å². The molecule has 0 spiro atoms. The maximum atomic E-state index is 6.22. The van der Waals surface area contributed by atoms with Gasteiger partial charge in [-0.15, -0.1) is 0 Å². The molecule has 0 saturated heterocycles. The van der Waals surface area contributed by atoms with Crippen molar-refractivity contribution in [1.82, 2.24) is 14.7 Å². The Bertz CT molecular complexity index is 354. The molecule has 0 aromatic carbocycles. The van der Waals surface area contributed by atoms with Crippen LogP contribution in [0.3, 0.4) is 0 Å². The lowest BCUT2D eigenvalue weighted by Gasteiger charge is -2.28. The molecule has 0 aliphatic heterocycles. The minimum Gasteiger partial charge on any atom is -0.323 e. The van der Waals surface area contributed by atoms with E-state index < -0.39 is 0 Å². The molecule has 102 valence electrons. The first-order valence-electron chi connectivity index (χ1n) is 7.08. The SMILES string of the molecule is CN(CC1CCCCC1)CC(N)c1cnn(C)c1. The van der Waals surface area contributed by atoms with Crippen LogP contribution in [-0.4, -0.2) is 34.8 Å². The second kappa shape index (κ2) is 6.34. The molecule has 2 N–H and O–H groups in total. The van der Waals surface area contributed by atoms with Gasteiger partial charge >= 0.3 is 0 Å². The van der Waals surface area contributed by atoms with Gasteiger partial charge < -0.3 is 10.6 Å². The van der Waals surface area contributed by atoms with Crippen LogP contribution < -0.4 is 5.73 Å². The van der Waals surface area contributed by atoms with Crippen molar-refractivity contribution in [3.8, 4) is 0 Å². The summed E-state index contributed by atoms with van der Waals surface area (Å²) in [5, 5.41) is 4.18. The van der Waals surface area contributed by atoms with Crippen LogP contribution in [0, 0.1) is 5.92 Å². The molecule has 1 saturated carbocycles. The summed E-state index contributed by atoms with van der Waals surface area (Å²) in [6.07, 6.45) is 10.9. The molecule has 4 nitrogen and oxygen atoms in total. The van der Waals surface area contributed by atoms with E-state index in [0.717, 1.165) is 18.0 Å². The summed E-state index contributed by atoms with van der Waals surface area (Å²) in [5.74, 6) is 0.879. The number of nitrogens with zero attached hydrogens (tertiary/aromatic N) is 3. The van der Waals surface area contributed by atoms with E-state index in [1.54, 1.807) is 0 Å². The van der Waals surface area contributed by atoms with Gasteiger partial charge in [0, 0.05) is 37.9 Å². The maximum Gasteiger partial charge on any atom is 0.0537 e. The van der Waals surface area contributed by atoms with E-state index >= 15 is 0 Å². The minimum absolute atomic E-state index is 0.0762. The highest BCUT2D eigenvalue weighted by molar-refractivity contribution is 5.09. The number of aryl methyl sites for hydroxylation is 1. The highest BCUT2D eigenvalue weighted by Crippen LogP contribution is 2.24. The number of rotatable bonds is 5. The highest BCUT2D eigenvalue weighted by Gasteiger charge is 2.17. The monoisotopic (exact) mass is 250 g/mol. The smallest absolute Gasteiger partial charge is 0.0537 e. The largest absolute Gasteiger partial charge is 0.323 e. The van der Waals surface area contributed by atoms with Gasteiger partial charge in [-0.3, -0.25) is 4.68 Å². The van der Waals surface area contributed by atoms with Crippen molar-refractivity contribution in [3.63, 3.8) is 0 Å². The Morgan fingerprint density at radius 1 is 1.44 bits per heavy atom. The third-order valence-corrected chi connectivity index (χ3v) is 3.96. The highest BCUT2D eigenvalue weighted by atomic mass is 15.2. The van der Waals surface area contributed by atoms with Gasteiger partial charge in [-0.25, -0.2) is 0 Å². The van der Waals surface area contributed by atoms with Gasteiger partial charge in [0.2, 0.25) is 0 Å². The first-order valence-corrected chi connectivity index (χ1v) is 7.08. The molecule has 18 heavy (non-hydrogen) atoms. The molecule has 1 heterocycles. The van der Waals surface area contributed by atoms with Gasteiger partial charge in [-0.2, -0.15) is 5.10 Å². The fourth-order valence-corrected chi connectivity index (χ4v) is 2.96. The molecule has 0 radical (unpaired) electrons. The zero-order valence-corrected chi connectivity index (χ0v) is 11.7. The molecule has 1 unspecified atom stereocenters. The fourth-order valence-electron chi connectivity index (χ4n) is 2.96. The molecule has 4 heteroatoms.